The molecule has 10 aliphatic rings. The largest absolute Gasteiger partial charge is 0.361 e. The number of aliphatic imine (C=N–C) groups is 1. The normalized spacial score (nSPS) is 34.6. The van der Waals surface area contributed by atoms with Gasteiger partial charge in [-0.1, -0.05) is 135 Å². The van der Waals surface area contributed by atoms with Crippen LogP contribution in [0.1, 0.15) is 115 Å². The van der Waals surface area contributed by atoms with Gasteiger partial charge in [-0.05, 0) is 159 Å². The van der Waals surface area contributed by atoms with Crippen molar-refractivity contribution in [1.29, 1.82) is 0 Å². The lowest BCUT2D eigenvalue weighted by atomic mass is 9.75. The minimum Gasteiger partial charge on any atom is -0.361 e. The van der Waals surface area contributed by atoms with Crippen molar-refractivity contribution in [2.45, 2.75) is 128 Å². The molecule has 1 aromatic carbocycles. The number of nitrogens with one attached hydrogen (secondary N) is 3. The van der Waals surface area contributed by atoms with Crippen LogP contribution in [0.15, 0.2) is 189 Å². The Balaban J connectivity index is 0.828. The zero-order valence-electron chi connectivity index (χ0n) is 38.3. The van der Waals surface area contributed by atoms with Crippen molar-refractivity contribution in [3.63, 3.8) is 0 Å². The van der Waals surface area contributed by atoms with Gasteiger partial charge in [0, 0.05) is 40.9 Å². The number of amidine groups is 1. The molecule has 0 fully saturated rings. The lowest BCUT2D eigenvalue weighted by Crippen LogP contribution is -2.56. The monoisotopic (exact) mass is 848 g/mol. The molecule has 0 spiro atoms. The zero-order valence-corrected chi connectivity index (χ0v) is 38.3. The van der Waals surface area contributed by atoms with E-state index < -0.39 is 0 Å². The van der Waals surface area contributed by atoms with Crippen LogP contribution in [0.2, 0.25) is 0 Å². The second-order valence-electron chi connectivity index (χ2n) is 20.5. The number of benzene rings is 1. The van der Waals surface area contributed by atoms with E-state index in [1.807, 2.05) is 0 Å². The van der Waals surface area contributed by atoms with Gasteiger partial charge in [-0.25, -0.2) is 4.99 Å². The Morgan fingerprint density at radius 3 is 2.50 bits per heavy atom. The molecule has 0 aromatic heterocycles. The maximum absolute atomic E-state index is 5.36. The van der Waals surface area contributed by atoms with E-state index in [0.29, 0.717) is 47.6 Å². The van der Waals surface area contributed by atoms with E-state index in [2.05, 4.69) is 168 Å². The molecular weight excluding hydrogens is 779 g/mol. The van der Waals surface area contributed by atoms with Gasteiger partial charge in [-0.3, -0.25) is 5.32 Å². The summed E-state index contributed by atoms with van der Waals surface area (Å²) >= 11 is 0. The van der Waals surface area contributed by atoms with Gasteiger partial charge in [0.15, 0.2) is 0 Å². The second kappa shape index (κ2) is 18.4. The molecule has 64 heavy (non-hydrogen) atoms. The molecule has 0 saturated heterocycles. The molecule has 330 valence electrons. The highest BCUT2D eigenvalue weighted by Crippen LogP contribution is 2.50. The molecule has 5 nitrogen and oxygen atoms in total. The summed E-state index contributed by atoms with van der Waals surface area (Å²) in [5, 5.41) is 11.8. The molecule has 10 atom stereocenters. The molecule has 11 rings (SSSR count). The molecule has 2 heterocycles. The predicted octanol–water partition coefficient (Wildman–Crippen LogP) is 13.0. The summed E-state index contributed by atoms with van der Waals surface area (Å²) in [5.74, 6) is 4.21. The van der Waals surface area contributed by atoms with Crippen LogP contribution in [-0.4, -0.2) is 29.0 Å². The SMILES string of the molecule is CC1C[C@H](C2NC(C3=CC=C(C4CC=CCC4)CC3)=NC(c3ccccc3)N2)C=CC1N1C2=C(C[C@H](C3=C[C@@H](C)CC(C4=C(NC5=CCCC=C5)C=CCC4)=C3)C=C2)C2CC=CCC21. The van der Waals surface area contributed by atoms with E-state index in [-0.39, 0.29) is 12.3 Å². The molecule has 7 unspecified atom stereocenters. The Hall–Kier alpha value is -5.13. The van der Waals surface area contributed by atoms with Crippen molar-refractivity contribution < 1.29 is 0 Å². The van der Waals surface area contributed by atoms with Crippen molar-refractivity contribution in [3.05, 3.63) is 190 Å². The van der Waals surface area contributed by atoms with Crippen LogP contribution in [0.5, 0.6) is 0 Å². The van der Waals surface area contributed by atoms with Crippen LogP contribution in [0, 0.1) is 35.5 Å². The Kier molecular flexibility index (Phi) is 11.9. The lowest BCUT2D eigenvalue weighted by molar-refractivity contribution is 0.140. The summed E-state index contributed by atoms with van der Waals surface area (Å²) in [7, 11) is 0. The van der Waals surface area contributed by atoms with Gasteiger partial charge in [-0.15, -0.1) is 0 Å². The third-order valence-electron chi connectivity index (χ3n) is 16.2. The highest BCUT2D eigenvalue weighted by molar-refractivity contribution is 5.99. The fourth-order valence-electron chi connectivity index (χ4n) is 12.9. The predicted molar refractivity (Wildman–Crippen MR) is 265 cm³/mol. The van der Waals surface area contributed by atoms with Crippen LogP contribution >= 0.6 is 0 Å². The highest BCUT2D eigenvalue weighted by Gasteiger charge is 2.46. The first kappa shape index (κ1) is 41.6. The maximum atomic E-state index is 5.36. The molecule has 0 amide bonds. The Morgan fingerprint density at radius 1 is 0.781 bits per heavy atom. The first-order valence-corrected chi connectivity index (χ1v) is 25.2. The van der Waals surface area contributed by atoms with Gasteiger partial charge in [0.1, 0.15) is 12.0 Å². The molecule has 2 aliphatic heterocycles. The van der Waals surface area contributed by atoms with Crippen molar-refractivity contribution in [1.82, 2.24) is 20.9 Å². The van der Waals surface area contributed by atoms with Crippen molar-refractivity contribution in [2.24, 2.45) is 40.5 Å². The molecule has 3 N–H and O–H groups in total. The van der Waals surface area contributed by atoms with Crippen LogP contribution in [-0.2, 0) is 0 Å². The Bertz CT molecular complexity index is 2420. The number of hydrogen-bond donors (Lipinski definition) is 3. The summed E-state index contributed by atoms with van der Waals surface area (Å²) in [4.78, 5) is 8.24. The smallest absolute Gasteiger partial charge is 0.129 e. The van der Waals surface area contributed by atoms with Gasteiger partial charge in [0.05, 0.1) is 12.2 Å². The Labute approximate surface area is 383 Å². The van der Waals surface area contributed by atoms with E-state index in [9.17, 15) is 0 Å². The third kappa shape index (κ3) is 8.46. The average molecular weight is 848 g/mol. The first-order chi connectivity index (χ1) is 31.5. The van der Waals surface area contributed by atoms with E-state index >= 15 is 0 Å². The zero-order chi connectivity index (χ0) is 43.0. The maximum Gasteiger partial charge on any atom is 0.129 e. The van der Waals surface area contributed by atoms with E-state index in [0.717, 1.165) is 76.5 Å². The van der Waals surface area contributed by atoms with Crippen molar-refractivity contribution in [2.75, 3.05) is 0 Å². The highest BCUT2D eigenvalue weighted by atomic mass is 15.3. The van der Waals surface area contributed by atoms with Gasteiger partial charge in [-0.2, -0.15) is 0 Å². The van der Waals surface area contributed by atoms with Crippen molar-refractivity contribution >= 4 is 5.84 Å². The first-order valence-electron chi connectivity index (χ1n) is 25.2. The molecule has 1 aromatic rings. The van der Waals surface area contributed by atoms with Gasteiger partial charge >= 0.3 is 0 Å². The molecule has 8 aliphatic carbocycles. The Morgan fingerprint density at radius 2 is 1.67 bits per heavy atom. The van der Waals surface area contributed by atoms with Crippen LogP contribution in [0.3, 0.4) is 0 Å². The molecular formula is C59H69N5. The fourth-order valence-corrected chi connectivity index (χ4v) is 12.9. The molecule has 5 heteroatoms. The second-order valence-corrected chi connectivity index (χ2v) is 20.5. The standard InChI is InChI=1S/C59H69N5/c1-39-34-47(37-48(35-39)50-22-12-14-24-53(50)60-49-20-10-5-11-21-49)45-30-33-56-52(38-45)51-23-13-15-25-55(51)64(56)54-32-31-46(36-40(54)2)59-62-57(43-18-8-4-9-19-43)61-58(63-59)44-28-26-42(27-29-44)41-16-6-3-7-17-41/h3-4,6,8-10,13-15,18-21,24,26,28,30-34,37,39-41,45-46,51,54-55,57,59-60,62H,5,7,11-12,16-17,22-23,25,27,29,35-36,38H2,1-2H3,(H,61,63)/t39-,40?,41?,45-,46-,51?,54?,55?,57?,59?/m1/s1. The van der Waals surface area contributed by atoms with Gasteiger partial charge in [0.2, 0.25) is 0 Å². The van der Waals surface area contributed by atoms with Crippen LogP contribution < -0.4 is 16.0 Å². The fraction of sp³-hybridized carbons (Fsp3) is 0.441. The molecule has 0 radical (unpaired) electrons. The molecule has 0 saturated carbocycles. The van der Waals surface area contributed by atoms with Crippen molar-refractivity contribution in [3.8, 4) is 0 Å². The number of rotatable bonds is 9. The number of hydrogen-bond acceptors (Lipinski definition) is 5. The topological polar surface area (TPSA) is 51.7 Å². The summed E-state index contributed by atoms with van der Waals surface area (Å²) in [5.41, 5.74) is 14.6. The third-order valence-corrected chi connectivity index (χ3v) is 16.2. The van der Waals surface area contributed by atoms with E-state index in [4.69, 9.17) is 4.99 Å². The molecule has 0 bridgehead atoms. The quantitative estimate of drug-likeness (QED) is 0.217. The van der Waals surface area contributed by atoms with Gasteiger partial charge in [0.25, 0.3) is 0 Å². The number of allylic oxidation sites excluding steroid dienone is 18. The minimum atomic E-state index is -0.0696. The van der Waals surface area contributed by atoms with Crippen LogP contribution in [0.25, 0.3) is 0 Å². The summed E-state index contributed by atoms with van der Waals surface area (Å²) in [6, 6.07) is 11.8. The number of fused-ring (bicyclic) bond motifs is 2. The van der Waals surface area contributed by atoms with E-state index in [1.54, 1.807) is 11.1 Å². The average Bonchev–Trinajstić information content (AvgIpc) is 3.68. The summed E-state index contributed by atoms with van der Waals surface area (Å²) < 4.78 is 0. The number of nitrogens with zero attached hydrogens (tertiary/aromatic N) is 2. The van der Waals surface area contributed by atoms with Crippen LogP contribution in [0.4, 0.5) is 0 Å². The van der Waals surface area contributed by atoms with E-state index in [1.165, 1.54) is 64.2 Å². The van der Waals surface area contributed by atoms with Gasteiger partial charge < -0.3 is 15.5 Å². The lowest BCUT2D eigenvalue weighted by Gasteiger charge is -2.45. The minimum absolute atomic E-state index is 0.0696. The summed E-state index contributed by atoms with van der Waals surface area (Å²) in [6.07, 6.45) is 57.7. The summed E-state index contributed by atoms with van der Waals surface area (Å²) in [6.45, 7) is 4.95.